The Morgan fingerprint density at radius 3 is 1.50 bits per heavy atom. The van der Waals surface area contributed by atoms with Crippen molar-refractivity contribution in [1.29, 1.82) is 0 Å². The highest BCUT2D eigenvalue weighted by molar-refractivity contribution is 9.10. The van der Waals surface area contributed by atoms with E-state index in [1.807, 2.05) is 57.2 Å². The molecule has 0 radical (unpaired) electrons. The Labute approximate surface area is 314 Å². The highest BCUT2D eigenvalue weighted by atomic mass is 79.9. The number of hydrogen-bond acceptors (Lipinski definition) is 5. The maximum atomic E-state index is 14.4. The second kappa shape index (κ2) is 13.7. The van der Waals surface area contributed by atoms with E-state index < -0.39 is 5.60 Å². The van der Waals surface area contributed by atoms with E-state index in [2.05, 4.69) is 43.6 Å². The van der Waals surface area contributed by atoms with E-state index >= 15 is 0 Å². The predicted molar refractivity (Wildman–Crippen MR) is 213 cm³/mol. The quantitative estimate of drug-likeness (QED) is 0.0677. The Hall–Kier alpha value is -4.04. The maximum absolute atomic E-state index is 14.4. The molecule has 8 heteroatoms. The van der Waals surface area contributed by atoms with Gasteiger partial charge in [0.25, 0.3) is 23.6 Å². The fourth-order valence-corrected chi connectivity index (χ4v) is 9.21. The van der Waals surface area contributed by atoms with Crippen LogP contribution in [0.25, 0.3) is 43.1 Å². The van der Waals surface area contributed by atoms with Gasteiger partial charge in [-0.05, 0) is 80.5 Å². The van der Waals surface area contributed by atoms with Gasteiger partial charge >= 0.3 is 0 Å². The molecule has 0 aromatic heterocycles. The molecule has 2 unspecified atom stereocenters. The lowest BCUT2D eigenvalue weighted by Gasteiger charge is -2.33. The van der Waals surface area contributed by atoms with Crippen molar-refractivity contribution in [3.63, 3.8) is 0 Å². The molecular formula is C44H49BrN2O5. The monoisotopic (exact) mass is 764 g/mol. The predicted octanol–water partition coefficient (Wildman–Crippen LogP) is 11.3. The van der Waals surface area contributed by atoms with Crippen LogP contribution in [0.5, 0.6) is 5.75 Å². The SMILES string of the molecule is CCCCC(CC)CN1C(=O)c2ccc3c4c(OC(C)(C)C)cc5c6c(ccc(c7c(Br)cc(c2c37)C1=O)c64)C(=O)N(CC(CC)CCCC)C5=O. The van der Waals surface area contributed by atoms with Crippen LogP contribution >= 0.6 is 15.9 Å². The molecule has 0 fully saturated rings. The van der Waals surface area contributed by atoms with Crippen LogP contribution in [0.2, 0.25) is 0 Å². The van der Waals surface area contributed by atoms with Gasteiger partial charge in [-0.3, -0.25) is 29.0 Å². The van der Waals surface area contributed by atoms with Gasteiger partial charge in [0.2, 0.25) is 0 Å². The van der Waals surface area contributed by atoms with Gasteiger partial charge < -0.3 is 4.74 Å². The van der Waals surface area contributed by atoms with Gasteiger partial charge in [-0.2, -0.15) is 0 Å². The number of benzene rings is 5. The molecular weight excluding hydrogens is 716 g/mol. The van der Waals surface area contributed by atoms with Gasteiger partial charge in [0.05, 0.1) is 5.56 Å². The van der Waals surface area contributed by atoms with E-state index in [0.29, 0.717) is 51.9 Å². The van der Waals surface area contributed by atoms with E-state index in [-0.39, 0.29) is 35.5 Å². The van der Waals surface area contributed by atoms with Gasteiger partial charge in [0.1, 0.15) is 11.4 Å². The van der Waals surface area contributed by atoms with E-state index in [1.165, 1.54) is 9.80 Å². The number of amides is 4. The average Bonchev–Trinajstić information content (AvgIpc) is 3.11. The van der Waals surface area contributed by atoms with Crippen LogP contribution in [-0.2, 0) is 0 Å². The first-order valence-corrected chi connectivity index (χ1v) is 20.0. The number of imide groups is 2. The lowest BCUT2D eigenvalue weighted by atomic mass is 9.81. The van der Waals surface area contributed by atoms with Gasteiger partial charge in [-0.25, -0.2) is 0 Å². The van der Waals surface area contributed by atoms with Crippen LogP contribution in [0.3, 0.4) is 0 Å². The topological polar surface area (TPSA) is 84.0 Å². The lowest BCUT2D eigenvalue weighted by Crippen LogP contribution is -2.43. The summed E-state index contributed by atoms with van der Waals surface area (Å²) in [6.45, 7) is 15.2. The number of unbranched alkanes of at least 4 members (excludes halogenated alkanes) is 2. The first-order chi connectivity index (χ1) is 24.8. The molecule has 52 heavy (non-hydrogen) atoms. The van der Waals surface area contributed by atoms with E-state index in [0.717, 1.165) is 88.2 Å². The van der Waals surface area contributed by atoms with Crippen molar-refractivity contribution in [2.45, 2.75) is 105 Å². The molecule has 2 aliphatic heterocycles. The smallest absolute Gasteiger partial charge is 0.261 e. The Morgan fingerprint density at radius 1 is 0.596 bits per heavy atom. The summed E-state index contributed by atoms with van der Waals surface area (Å²) in [5.41, 5.74) is 1.35. The summed E-state index contributed by atoms with van der Waals surface area (Å²) in [7, 11) is 0. The van der Waals surface area contributed by atoms with Crippen molar-refractivity contribution >= 4 is 82.6 Å². The molecule has 7 nitrogen and oxygen atoms in total. The largest absolute Gasteiger partial charge is 0.487 e. The fourth-order valence-electron chi connectivity index (χ4n) is 8.57. The Balaban J connectivity index is 1.50. The van der Waals surface area contributed by atoms with Crippen molar-refractivity contribution in [3.05, 3.63) is 63.1 Å². The highest BCUT2D eigenvalue weighted by Gasteiger charge is 2.39. The molecule has 2 atom stereocenters. The minimum Gasteiger partial charge on any atom is -0.487 e. The second-order valence-corrected chi connectivity index (χ2v) is 16.7. The van der Waals surface area contributed by atoms with Crippen molar-refractivity contribution in [1.82, 2.24) is 9.80 Å². The summed E-state index contributed by atoms with van der Waals surface area (Å²) in [6.07, 6.45) is 7.94. The summed E-state index contributed by atoms with van der Waals surface area (Å²) in [4.78, 5) is 60.1. The first-order valence-electron chi connectivity index (χ1n) is 19.2. The van der Waals surface area contributed by atoms with E-state index in [4.69, 9.17) is 4.74 Å². The highest BCUT2D eigenvalue weighted by Crippen LogP contribution is 2.51. The van der Waals surface area contributed by atoms with Crippen LogP contribution in [0.4, 0.5) is 0 Å². The zero-order chi connectivity index (χ0) is 37.2. The van der Waals surface area contributed by atoms with Gasteiger partial charge in [-0.1, -0.05) is 94.3 Å². The van der Waals surface area contributed by atoms with Gasteiger partial charge in [0, 0.05) is 66.6 Å². The number of carbonyl (C=O) groups is 4. The molecule has 7 rings (SSSR count). The minimum atomic E-state index is -0.609. The normalized spacial score (nSPS) is 16.0. The number of halogens is 1. The Morgan fingerprint density at radius 2 is 1.04 bits per heavy atom. The second-order valence-electron chi connectivity index (χ2n) is 15.9. The van der Waals surface area contributed by atoms with Crippen LogP contribution in [-0.4, -0.2) is 52.1 Å². The first kappa shape index (κ1) is 36.3. The molecule has 5 aromatic rings. The number of ether oxygens (including phenoxy) is 1. The van der Waals surface area contributed by atoms with Crippen LogP contribution < -0.4 is 4.74 Å². The Kier molecular flexibility index (Phi) is 9.60. The molecule has 0 saturated heterocycles. The van der Waals surface area contributed by atoms with Crippen LogP contribution in [0.15, 0.2) is 40.9 Å². The molecule has 0 aliphatic carbocycles. The Bertz CT molecular complexity index is 2290. The number of nitrogens with zero attached hydrogens (tertiary/aromatic N) is 2. The molecule has 4 amide bonds. The number of rotatable bonds is 13. The summed E-state index contributed by atoms with van der Waals surface area (Å²) in [6, 6.07) is 11.3. The number of carbonyl (C=O) groups excluding carboxylic acids is 4. The van der Waals surface area contributed by atoms with Crippen LogP contribution in [0.1, 0.15) is 141 Å². The van der Waals surface area contributed by atoms with Gasteiger partial charge in [0.15, 0.2) is 0 Å². The molecule has 0 saturated carbocycles. The summed E-state index contributed by atoms with van der Waals surface area (Å²) in [5, 5.41) is 6.09. The summed E-state index contributed by atoms with van der Waals surface area (Å²) < 4.78 is 7.43. The minimum absolute atomic E-state index is 0.223. The standard InChI is InChI=1S/C44H49BrN2O5/c1-8-12-14-24(10-3)22-46-40(48)28-19-17-27-37-33(52-44(5,6)7)21-31-35-29(41(49)47(43(31)51)23-25(11-4)15-13-9-2)18-16-26(39(35)37)36-32(45)20-30(42(46)50)34(28)38(27)36/h16-21,24-25H,8-15,22-23H2,1-7H3. The van der Waals surface area contributed by atoms with E-state index in [1.54, 1.807) is 0 Å². The van der Waals surface area contributed by atoms with Crippen LogP contribution in [0, 0.1) is 11.8 Å². The van der Waals surface area contributed by atoms with Crippen molar-refractivity contribution in [3.8, 4) is 5.75 Å². The van der Waals surface area contributed by atoms with Crippen molar-refractivity contribution in [2.24, 2.45) is 11.8 Å². The molecule has 0 N–H and O–H groups in total. The fraction of sp³-hybridized carbons (Fsp3) is 0.455. The number of hydrogen-bond donors (Lipinski definition) is 0. The third kappa shape index (κ3) is 5.76. The molecule has 2 heterocycles. The zero-order valence-corrected chi connectivity index (χ0v) is 33.1. The van der Waals surface area contributed by atoms with Gasteiger partial charge in [-0.15, -0.1) is 0 Å². The third-order valence-corrected chi connectivity index (χ3v) is 11.9. The summed E-state index contributed by atoms with van der Waals surface area (Å²) in [5.74, 6) is -0.126. The molecule has 272 valence electrons. The van der Waals surface area contributed by atoms with E-state index in [9.17, 15) is 19.2 Å². The molecule has 2 aliphatic rings. The lowest BCUT2D eigenvalue weighted by molar-refractivity contribution is 0.0565. The average molecular weight is 766 g/mol. The third-order valence-electron chi connectivity index (χ3n) is 11.3. The number of fused-ring (bicyclic) bond motifs is 2. The summed E-state index contributed by atoms with van der Waals surface area (Å²) >= 11 is 3.86. The molecule has 5 aromatic carbocycles. The molecule has 0 spiro atoms. The van der Waals surface area contributed by atoms with Crippen molar-refractivity contribution < 1.29 is 23.9 Å². The zero-order valence-electron chi connectivity index (χ0n) is 31.5. The molecule has 0 bridgehead atoms. The maximum Gasteiger partial charge on any atom is 0.261 e. The van der Waals surface area contributed by atoms with Crippen molar-refractivity contribution in [2.75, 3.05) is 13.1 Å².